The molecule has 1 fully saturated rings. The highest BCUT2D eigenvalue weighted by atomic mass is 32.2. The highest BCUT2D eigenvalue weighted by molar-refractivity contribution is 8.27. The third-order valence-electron chi connectivity index (χ3n) is 3.82. The number of amides is 1. The third-order valence-corrected chi connectivity index (χ3v) is 5.12. The number of rotatable bonds is 2. The molecule has 1 aliphatic heterocycles. The first kappa shape index (κ1) is 16.0. The van der Waals surface area contributed by atoms with Gasteiger partial charge in [0.2, 0.25) is 0 Å². The lowest BCUT2D eigenvalue weighted by Crippen LogP contribution is -2.27. The van der Waals surface area contributed by atoms with Crippen molar-refractivity contribution in [2.24, 2.45) is 0 Å². The number of carbonyl (C=O) groups excluding carboxylic acids is 1. The van der Waals surface area contributed by atoms with E-state index >= 15 is 0 Å². The van der Waals surface area contributed by atoms with Gasteiger partial charge in [0.25, 0.3) is 5.91 Å². The van der Waals surface area contributed by atoms with Crippen molar-refractivity contribution in [2.45, 2.75) is 20.8 Å². The summed E-state index contributed by atoms with van der Waals surface area (Å²) in [5.74, 6) is -0.0504. The maximum absolute atomic E-state index is 12.8. The number of benzene rings is 2. The van der Waals surface area contributed by atoms with Crippen LogP contribution in [0.5, 0.6) is 0 Å². The number of para-hydroxylation sites is 1. The Balaban J connectivity index is 2.00. The van der Waals surface area contributed by atoms with Gasteiger partial charge in [-0.1, -0.05) is 59.9 Å². The van der Waals surface area contributed by atoms with Crippen molar-refractivity contribution in [1.29, 1.82) is 0 Å². The summed E-state index contributed by atoms with van der Waals surface area (Å²) in [5.41, 5.74) is 5.49. The lowest BCUT2D eigenvalue weighted by atomic mass is 9.99. The van der Waals surface area contributed by atoms with Crippen LogP contribution in [0, 0.1) is 20.8 Å². The first-order valence-corrected chi connectivity index (χ1v) is 8.60. The van der Waals surface area contributed by atoms with Crippen LogP contribution < -0.4 is 4.90 Å². The van der Waals surface area contributed by atoms with Crippen molar-refractivity contribution in [3.8, 4) is 0 Å². The van der Waals surface area contributed by atoms with Gasteiger partial charge < -0.3 is 0 Å². The van der Waals surface area contributed by atoms with Crippen molar-refractivity contribution >= 4 is 46.0 Å². The summed E-state index contributed by atoms with van der Waals surface area (Å²) in [6.45, 7) is 6.23. The molecule has 0 radical (unpaired) electrons. The van der Waals surface area contributed by atoms with Crippen LogP contribution in [0.15, 0.2) is 47.4 Å². The average Bonchev–Trinajstić information content (AvgIpc) is 2.78. The van der Waals surface area contributed by atoms with Crippen LogP contribution in [0.2, 0.25) is 0 Å². The minimum atomic E-state index is -0.0504. The molecule has 23 heavy (non-hydrogen) atoms. The van der Waals surface area contributed by atoms with Crippen LogP contribution >= 0.6 is 24.0 Å². The molecular formula is C19H17NOS2. The molecule has 0 unspecified atom stereocenters. The molecule has 1 saturated heterocycles. The fourth-order valence-electron chi connectivity index (χ4n) is 2.82. The van der Waals surface area contributed by atoms with Crippen molar-refractivity contribution < 1.29 is 4.79 Å². The van der Waals surface area contributed by atoms with Gasteiger partial charge >= 0.3 is 0 Å². The van der Waals surface area contributed by atoms with E-state index in [0.717, 1.165) is 11.3 Å². The highest BCUT2D eigenvalue weighted by Gasteiger charge is 2.33. The van der Waals surface area contributed by atoms with Gasteiger partial charge in [-0.15, -0.1) is 0 Å². The maximum Gasteiger partial charge on any atom is 0.270 e. The topological polar surface area (TPSA) is 20.3 Å². The third kappa shape index (κ3) is 3.09. The quantitative estimate of drug-likeness (QED) is 0.566. The standard InChI is InChI=1S/C19H17NOS2/c1-12-9-13(2)16(14(3)10-12)11-17-18(21)20(19(22)23-17)15-7-5-4-6-8-15/h4-11H,1-3H3. The molecule has 2 aromatic rings. The molecule has 0 aromatic heterocycles. The minimum Gasteiger partial charge on any atom is -0.268 e. The van der Waals surface area contributed by atoms with Crippen LogP contribution in [-0.4, -0.2) is 10.2 Å². The van der Waals surface area contributed by atoms with Crippen molar-refractivity contribution in [2.75, 3.05) is 4.90 Å². The summed E-state index contributed by atoms with van der Waals surface area (Å²) in [6.07, 6.45) is 1.96. The Morgan fingerprint density at radius 2 is 1.65 bits per heavy atom. The fraction of sp³-hybridized carbons (Fsp3) is 0.158. The van der Waals surface area contributed by atoms with E-state index in [0.29, 0.717) is 9.23 Å². The minimum absolute atomic E-state index is 0.0504. The number of thioether (sulfide) groups is 1. The van der Waals surface area contributed by atoms with Gasteiger partial charge in [-0.2, -0.15) is 0 Å². The van der Waals surface area contributed by atoms with Crippen LogP contribution in [-0.2, 0) is 4.79 Å². The first-order valence-electron chi connectivity index (χ1n) is 7.38. The molecule has 0 atom stereocenters. The van der Waals surface area contributed by atoms with Crippen LogP contribution in [0.4, 0.5) is 5.69 Å². The smallest absolute Gasteiger partial charge is 0.268 e. The van der Waals surface area contributed by atoms with E-state index in [-0.39, 0.29) is 5.91 Å². The Morgan fingerprint density at radius 1 is 1.04 bits per heavy atom. The predicted molar refractivity (Wildman–Crippen MR) is 103 cm³/mol. The van der Waals surface area contributed by atoms with Crippen LogP contribution in [0.25, 0.3) is 6.08 Å². The number of carbonyl (C=O) groups is 1. The normalized spacial score (nSPS) is 16.5. The summed E-state index contributed by atoms with van der Waals surface area (Å²) >= 11 is 6.77. The van der Waals surface area contributed by atoms with Crippen molar-refractivity contribution in [1.82, 2.24) is 0 Å². The van der Waals surface area contributed by atoms with Gasteiger partial charge in [-0.25, -0.2) is 0 Å². The SMILES string of the molecule is Cc1cc(C)c(C=C2SC(=S)N(c3ccccc3)C2=O)c(C)c1. The summed E-state index contributed by atoms with van der Waals surface area (Å²) < 4.78 is 0.579. The van der Waals surface area contributed by atoms with Gasteiger partial charge in [0.05, 0.1) is 10.6 Å². The Kier molecular flexibility index (Phi) is 4.37. The second-order valence-corrected chi connectivity index (χ2v) is 7.34. The van der Waals surface area contributed by atoms with Crippen molar-refractivity contribution in [3.05, 3.63) is 69.6 Å². The zero-order valence-electron chi connectivity index (χ0n) is 13.3. The van der Waals surface area contributed by atoms with E-state index in [4.69, 9.17) is 12.2 Å². The molecule has 1 aliphatic rings. The summed E-state index contributed by atoms with van der Waals surface area (Å²) in [4.78, 5) is 15.0. The molecule has 1 amide bonds. The van der Waals surface area contributed by atoms with Gasteiger partial charge in [-0.05, 0) is 55.7 Å². The first-order chi connectivity index (χ1) is 11.0. The lowest BCUT2D eigenvalue weighted by molar-refractivity contribution is -0.113. The molecule has 4 heteroatoms. The molecule has 0 N–H and O–H groups in total. The van der Waals surface area contributed by atoms with Gasteiger partial charge in [0, 0.05) is 0 Å². The van der Waals surface area contributed by atoms with Gasteiger partial charge in [0.15, 0.2) is 4.32 Å². The summed E-state index contributed by atoms with van der Waals surface area (Å²) in [6, 6.07) is 13.8. The molecule has 116 valence electrons. The largest absolute Gasteiger partial charge is 0.270 e. The number of hydrogen-bond donors (Lipinski definition) is 0. The van der Waals surface area contributed by atoms with E-state index in [9.17, 15) is 4.79 Å². The Bertz CT molecular complexity index is 802. The van der Waals surface area contributed by atoms with E-state index in [1.54, 1.807) is 4.90 Å². The van der Waals surface area contributed by atoms with E-state index in [1.807, 2.05) is 36.4 Å². The van der Waals surface area contributed by atoms with Crippen LogP contribution in [0.1, 0.15) is 22.3 Å². The van der Waals surface area contributed by atoms with Crippen LogP contribution in [0.3, 0.4) is 0 Å². The van der Waals surface area contributed by atoms with E-state index in [2.05, 4.69) is 32.9 Å². The Labute approximate surface area is 146 Å². The molecule has 0 aliphatic carbocycles. The molecule has 2 nitrogen and oxygen atoms in total. The summed E-state index contributed by atoms with van der Waals surface area (Å²) in [7, 11) is 0. The number of hydrogen-bond acceptors (Lipinski definition) is 3. The Morgan fingerprint density at radius 3 is 2.26 bits per heavy atom. The fourth-order valence-corrected chi connectivity index (χ4v) is 4.10. The molecular weight excluding hydrogens is 322 g/mol. The predicted octanol–water partition coefficient (Wildman–Crippen LogP) is 5.02. The monoisotopic (exact) mass is 339 g/mol. The molecule has 3 rings (SSSR count). The summed E-state index contributed by atoms with van der Waals surface area (Å²) in [5, 5.41) is 0. The Hall–Kier alpha value is -1.91. The molecule has 0 bridgehead atoms. The van der Waals surface area contributed by atoms with E-state index < -0.39 is 0 Å². The molecule has 0 saturated carbocycles. The van der Waals surface area contributed by atoms with Gasteiger partial charge in [0.1, 0.15) is 0 Å². The second kappa shape index (κ2) is 6.30. The number of nitrogens with zero attached hydrogens (tertiary/aromatic N) is 1. The number of thiocarbonyl (C=S) groups is 1. The maximum atomic E-state index is 12.8. The molecule has 2 aromatic carbocycles. The highest BCUT2D eigenvalue weighted by Crippen LogP contribution is 2.36. The van der Waals surface area contributed by atoms with Crippen molar-refractivity contribution in [3.63, 3.8) is 0 Å². The van der Waals surface area contributed by atoms with Gasteiger partial charge in [-0.3, -0.25) is 9.69 Å². The zero-order valence-corrected chi connectivity index (χ0v) is 14.9. The zero-order chi connectivity index (χ0) is 16.6. The number of aryl methyl sites for hydroxylation is 3. The average molecular weight is 339 g/mol. The second-order valence-electron chi connectivity index (χ2n) is 5.67. The molecule has 1 heterocycles. The van der Waals surface area contributed by atoms with E-state index in [1.165, 1.54) is 28.5 Å². The lowest BCUT2D eigenvalue weighted by Gasteiger charge is -2.14. The number of anilines is 1. The molecule has 0 spiro atoms.